The number of nitrogens with zero attached hydrogens (tertiary/aromatic N) is 4. The number of amides is 2. The Labute approximate surface area is 215 Å². The lowest BCUT2D eigenvalue weighted by Gasteiger charge is -2.27. The molecule has 1 saturated heterocycles. The molecular weight excluding hydrogens is 468 g/mol. The molecule has 7 heteroatoms. The topological polar surface area (TPSA) is 58.4 Å². The largest absolute Gasteiger partial charge is 0.318 e. The Kier molecular flexibility index (Phi) is 6.83. The van der Waals surface area contributed by atoms with Crippen LogP contribution < -0.4 is 9.80 Å². The summed E-state index contributed by atoms with van der Waals surface area (Å²) in [4.78, 5) is 36.5. The van der Waals surface area contributed by atoms with Crippen LogP contribution in [0, 0.1) is 0 Å². The maximum absolute atomic E-state index is 13.7. The van der Waals surface area contributed by atoms with Gasteiger partial charge in [-0.25, -0.2) is 4.98 Å². The summed E-state index contributed by atoms with van der Waals surface area (Å²) < 4.78 is 2.01. The van der Waals surface area contributed by atoms with Gasteiger partial charge in [0.15, 0.2) is 0 Å². The molecule has 0 aliphatic carbocycles. The minimum absolute atomic E-state index is 0.00500. The average molecular weight is 499 g/mol. The van der Waals surface area contributed by atoms with Crippen molar-refractivity contribution in [3.05, 3.63) is 84.7 Å². The van der Waals surface area contributed by atoms with Crippen LogP contribution in [0.3, 0.4) is 0 Å². The van der Waals surface area contributed by atoms with Crippen molar-refractivity contribution < 1.29 is 9.59 Å². The van der Waals surface area contributed by atoms with E-state index in [9.17, 15) is 9.59 Å². The summed E-state index contributed by atoms with van der Waals surface area (Å²) in [5, 5.41) is 0. The van der Waals surface area contributed by atoms with Gasteiger partial charge in [-0.2, -0.15) is 0 Å². The molecule has 0 radical (unpaired) electrons. The van der Waals surface area contributed by atoms with Crippen molar-refractivity contribution >= 4 is 46.0 Å². The number of fused-ring (bicyclic) bond motifs is 1. The number of imidazole rings is 1. The van der Waals surface area contributed by atoms with Crippen LogP contribution in [0.2, 0.25) is 0 Å². The Morgan fingerprint density at radius 1 is 1.06 bits per heavy atom. The molecule has 184 valence electrons. The first kappa shape index (κ1) is 24.1. The lowest BCUT2D eigenvalue weighted by molar-refractivity contribution is -0.119. The summed E-state index contributed by atoms with van der Waals surface area (Å²) in [6.07, 6.45) is 2.40. The number of thioether (sulfide) groups is 1. The highest BCUT2D eigenvalue weighted by Gasteiger charge is 2.35. The second kappa shape index (κ2) is 10.2. The number of hydrogen-bond donors (Lipinski definition) is 0. The Hall–Kier alpha value is -3.58. The summed E-state index contributed by atoms with van der Waals surface area (Å²) in [5.74, 6) is 0.767. The molecule has 1 aliphatic heterocycles. The second-order valence-corrected chi connectivity index (χ2v) is 10.2. The van der Waals surface area contributed by atoms with E-state index in [4.69, 9.17) is 4.98 Å². The molecule has 0 spiro atoms. The zero-order chi connectivity index (χ0) is 25.2. The summed E-state index contributed by atoms with van der Waals surface area (Å²) >= 11 is 1.66. The van der Waals surface area contributed by atoms with Crippen LogP contribution in [-0.4, -0.2) is 40.2 Å². The molecule has 1 aromatic heterocycles. The highest BCUT2D eigenvalue weighted by Crippen LogP contribution is 2.34. The molecule has 0 saturated carbocycles. The molecule has 2 amide bonds. The molecule has 1 fully saturated rings. The number of anilines is 2. The van der Waals surface area contributed by atoms with Gasteiger partial charge in [-0.3, -0.25) is 9.59 Å². The SMILES string of the molecule is CSc1cccc(N2CC(c3nc4ccccc4n3CC(=O)N(c3ccccc3)C(C)C)CC2=O)c1. The molecule has 1 atom stereocenters. The Morgan fingerprint density at radius 3 is 2.56 bits per heavy atom. The van der Waals surface area contributed by atoms with Crippen molar-refractivity contribution in [3.8, 4) is 0 Å². The van der Waals surface area contributed by atoms with E-state index in [-0.39, 0.29) is 30.3 Å². The highest BCUT2D eigenvalue weighted by molar-refractivity contribution is 7.98. The predicted octanol–water partition coefficient (Wildman–Crippen LogP) is 5.72. The van der Waals surface area contributed by atoms with Crippen molar-refractivity contribution in [1.29, 1.82) is 0 Å². The van der Waals surface area contributed by atoms with Gasteiger partial charge in [0.2, 0.25) is 11.8 Å². The normalized spacial score (nSPS) is 15.7. The first-order valence-corrected chi connectivity index (χ1v) is 13.5. The first-order valence-electron chi connectivity index (χ1n) is 12.2. The molecule has 36 heavy (non-hydrogen) atoms. The lowest BCUT2D eigenvalue weighted by Crippen LogP contribution is -2.39. The first-order chi connectivity index (χ1) is 17.5. The Balaban J connectivity index is 1.49. The molecule has 4 aromatic rings. The van der Waals surface area contributed by atoms with Gasteiger partial charge in [-0.15, -0.1) is 11.8 Å². The van der Waals surface area contributed by atoms with E-state index < -0.39 is 0 Å². The zero-order valence-electron chi connectivity index (χ0n) is 20.8. The van der Waals surface area contributed by atoms with Gasteiger partial charge < -0.3 is 14.4 Å². The third-order valence-electron chi connectivity index (χ3n) is 6.65. The van der Waals surface area contributed by atoms with Crippen LogP contribution in [0.25, 0.3) is 11.0 Å². The fourth-order valence-electron chi connectivity index (χ4n) is 5.01. The number of benzene rings is 3. The Bertz CT molecular complexity index is 1400. The van der Waals surface area contributed by atoms with Crippen molar-refractivity contribution in [2.75, 3.05) is 22.6 Å². The van der Waals surface area contributed by atoms with E-state index in [0.29, 0.717) is 13.0 Å². The molecule has 2 heterocycles. The van der Waals surface area contributed by atoms with Gasteiger partial charge in [0.25, 0.3) is 0 Å². The molecule has 1 unspecified atom stereocenters. The quantitative estimate of drug-likeness (QED) is 0.306. The summed E-state index contributed by atoms with van der Waals surface area (Å²) in [6, 6.07) is 25.7. The van der Waals surface area contributed by atoms with Gasteiger partial charge >= 0.3 is 0 Å². The van der Waals surface area contributed by atoms with Gasteiger partial charge in [0.1, 0.15) is 12.4 Å². The van der Waals surface area contributed by atoms with Gasteiger partial charge in [0.05, 0.1) is 11.0 Å². The number of para-hydroxylation sites is 3. The van der Waals surface area contributed by atoms with Crippen molar-refractivity contribution in [2.24, 2.45) is 0 Å². The van der Waals surface area contributed by atoms with Gasteiger partial charge in [-0.1, -0.05) is 36.4 Å². The van der Waals surface area contributed by atoms with Gasteiger partial charge in [0, 0.05) is 41.2 Å². The predicted molar refractivity (Wildman–Crippen MR) is 147 cm³/mol. The van der Waals surface area contributed by atoms with E-state index in [0.717, 1.165) is 33.1 Å². The monoisotopic (exact) mass is 498 g/mol. The summed E-state index contributed by atoms with van der Waals surface area (Å²) in [6.45, 7) is 4.75. The Morgan fingerprint density at radius 2 is 1.81 bits per heavy atom. The van der Waals surface area contributed by atoms with Crippen LogP contribution in [0.5, 0.6) is 0 Å². The molecule has 6 nitrogen and oxygen atoms in total. The maximum atomic E-state index is 13.7. The number of carbonyl (C=O) groups excluding carboxylic acids is 2. The number of hydrogen-bond acceptors (Lipinski definition) is 4. The third-order valence-corrected chi connectivity index (χ3v) is 7.38. The van der Waals surface area contributed by atoms with Crippen molar-refractivity contribution in [1.82, 2.24) is 9.55 Å². The number of carbonyl (C=O) groups is 2. The maximum Gasteiger partial charge on any atom is 0.247 e. The van der Waals surface area contributed by atoms with Crippen molar-refractivity contribution in [2.45, 2.75) is 43.7 Å². The van der Waals surface area contributed by atoms with E-state index in [2.05, 4.69) is 6.07 Å². The minimum atomic E-state index is -0.0974. The van der Waals surface area contributed by atoms with Crippen LogP contribution >= 0.6 is 11.8 Å². The van der Waals surface area contributed by atoms with E-state index in [1.165, 1.54) is 0 Å². The third kappa shape index (κ3) is 4.63. The van der Waals surface area contributed by atoms with E-state index in [1.54, 1.807) is 11.8 Å². The standard InChI is InChI=1S/C29H30N4O2S/c1-20(2)33(22-10-5-4-6-11-22)28(35)19-32-26-15-8-7-14-25(26)30-29(32)21-16-27(34)31(18-21)23-12-9-13-24(17-23)36-3/h4-15,17,20-21H,16,18-19H2,1-3H3. The van der Waals surface area contributed by atoms with Crippen molar-refractivity contribution in [3.63, 3.8) is 0 Å². The van der Waals surface area contributed by atoms with Gasteiger partial charge in [-0.05, 0) is 62.6 Å². The van der Waals surface area contributed by atoms with Crippen LogP contribution in [0.15, 0.2) is 83.8 Å². The van der Waals surface area contributed by atoms with Crippen LogP contribution in [0.1, 0.15) is 32.0 Å². The zero-order valence-corrected chi connectivity index (χ0v) is 21.6. The lowest BCUT2D eigenvalue weighted by atomic mass is 10.1. The molecule has 5 rings (SSSR count). The van der Waals surface area contributed by atoms with Crippen LogP contribution in [-0.2, 0) is 16.1 Å². The fourth-order valence-corrected chi connectivity index (χ4v) is 5.46. The second-order valence-electron chi connectivity index (χ2n) is 9.34. The van der Waals surface area contributed by atoms with E-state index in [1.807, 2.05) is 107 Å². The number of aromatic nitrogens is 2. The molecule has 1 aliphatic rings. The average Bonchev–Trinajstić information content (AvgIpc) is 3.45. The highest BCUT2D eigenvalue weighted by atomic mass is 32.2. The summed E-state index contributed by atoms with van der Waals surface area (Å²) in [7, 11) is 0. The molecule has 0 N–H and O–H groups in total. The molecular formula is C29H30N4O2S. The minimum Gasteiger partial charge on any atom is -0.318 e. The smallest absolute Gasteiger partial charge is 0.247 e. The van der Waals surface area contributed by atoms with Crippen LogP contribution in [0.4, 0.5) is 11.4 Å². The molecule has 3 aromatic carbocycles. The number of rotatable bonds is 7. The molecule has 0 bridgehead atoms. The van der Waals surface area contributed by atoms with E-state index >= 15 is 0 Å². The summed E-state index contributed by atoms with van der Waals surface area (Å²) in [5.41, 5.74) is 3.53. The fraction of sp³-hybridized carbons (Fsp3) is 0.276.